The molecule has 0 saturated carbocycles. The molecule has 7 nitrogen and oxygen atoms in total. The number of Topliss-reactive ketones (excluding diaryl/α,β-unsaturated/α-hetero) is 1. The number of carbonyl (C=O) groups excluding carboxylic acids is 2. The van der Waals surface area contributed by atoms with Gasteiger partial charge in [-0.1, -0.05) is 25.1 Å². The lowest BCUT2D eigenvalue weighted by Gasteiger charge is -2.36. The molecule has 4 rings (SSSR count). The molecule has 0 aromatic heterocycles. The number of ether oxygens (including phenoxy) is 3. The molecule has 0 saturated heterocycles. The van der Waals surface area contributed by atoms with Crippen molar-refractivity contribution in [2.45, 2.75) is 51.9 Å². The Morgan fingerprint density at radius 1 is 1.08 bits per heavy atom. The monoisotopic (exact) mass is 491 g/mol. The van der Waals surface area contributed by atoms with E-state index in [4.69, 9.17) is 14.2 Å². The Bertz CT molecular complexity index is 1210. The SMILES string of the molecule is CCCOC(=O)C1=C(C)NC2=C(C(=O)CC(c3ccc(OC)cc3)C2)C1c1ccc(O)c(OCC)c1. The van der Waals surface area contributed by atoms with Gasteiger partial charge >= 0.3 is 5.97 Å². The van der Waals surface area contributed by atoms with Crippen LogP contribution in [0.1, 0.15) is 63.0 Å². The maximum atomic E-state index is 13.7. The van der Waals surface area contributed by atoms with Gasteiger partial charge in [0, 0.05) is 29.3 Å². The van der Waals surface area contributed by atoms with Crippen LogP contribution < -0.4 is 14.8 Å². The Labute approximate surface area is 211 Å². The molecule has 1 aliphatic heterocycles. The Morgan fingerprint density at radius 3 is 2.47 bits per heavy atom. The summed E-state index contributed by atoms with van der Waals surface area (Å²) in [6.45, 7) is 6.27. The van der Waals surface area contributed by atoms with E-state index in [2.05, 4.69) is 5.32 Å². The molecule has 1 heterocycles. The Kier molecular flexibility index (Phi) is 7.67. The zero-order valence-corrected chi connectivity index (χ0v) is 21.2. The van der Waals surface area contributed by atoms with Gasteiger partial charge in [0.2, 0.25) is 0 Å². The third kappa shape index (κ3) is 4.96. The third-order valence-electron chi connectivity index (χ3n) is 6.69. The zero-order chi connectivity index (χ0) is 25.8. The molecule has 2 N–H and O–H groups in total. The maximum absolute atomic E-state index is 13.7. The first-order valence-corrected chi connectivity index (χ1v) is 12.4. The standard InChI is InChI=1S/C29H33NO6/c1-5-13-36-29(33)26-17(3)30-22-14-20(18-7-10-21(34-4)11-8-18)15-24(32)28(22)27(26)19-9-12-23(31)25(16-19)35-6-2/h7-12,16,20,27,30-31H,5-6,13-15H2,1-4H3. The maximum Gasteiger partial charge on any atom is 0.336 e. The van der Waals surface area contributed by atoms with E-state index in [0.717, 1.165) is 17.0 Å². The van der Waals surface area contributed by atoms with E-state index in [1.807, 2.05) is 45.0 Å². The van der Waals surface area contributed by atoms with E-state index in [1.165, 1.54) is 0 Å². The van der Waals surface area contributed by atoms with E-state index in [9.17, 15) is 14.7 Å². The number of benzene rings is 2. The molecule has 2 atom stereocenters. The van der Waals surface area contributed by atoms with Gasteiger partial charge in [0.15, 0.2) is 17.3 Å². The number of nitrogens with one attached hydrogen (secondary N) is 1. The lowest BCUT2D eigenvalue weighted by molar-refractivity contribution is -0.139. The smallest absolute Gasteiger partial charge is 0.336 e. The normalized spacial score (nSPS) is 19.5. The van der Waals surface area contributed by atoms with Crippen LogP contribution in [0.25, 0.3) is 0 Å². The van der Waals surface area contributed by atoms with E-state index in [-0.39, 0.29) is 17.5 Å². The fourth-order valence-corrected chi connectivity index (χ4v) is 5.01. The number of phenols is 1. The molecule has 0 spiro atoms. The number of carbonyl (C=O) groups is 2. The van der Waals surface area contributed by atoms with Gasteiger partial charge in [-0.25, -0.2) is 4.79 Å². The summed E-state index contributed by atoms with van der Waals surface area (Å²) in [5.41, 5.74) is 4.21. The predicted molar refractivity (Wildman–Crippen MR) is 136 cm³/mol. The number of esters is 1. The van der Waals surface area contributed by atoms with Gasteiger partial charge in [-0.3, -0.25) is 4.79 Å². The highest BCUT2D eigenvalue weighted by molar-refractivity contribution is 6.04. The quantitative estimate of drug-likeness (QED) is 0.495. The van der Waals surface area contributed by atoms with Crippen molar-refractivity contribution in [3.8, 4) is 17.2 Å². The second-order valence-electron chi connectivity index (χ2n) is 9.09. The molecule has 0 radical (unpaired) electrons. The number of hydrogen-bond donors (Lipinski definition) is 2. The summed E-state index contributed by atoms with van der Waals surface area (Å²) in [5, 5.41) is 13.6. The minimum Gasteiger partial charge on any atom is -0.504 e. The van der Waals surface area contributed by atoms with Crippen molar-refractivity contribution < 1.29 is 28.9 Å². The Hall–Kier alpha value is -3.74. The van der Waals surface area contributed by atoms with Crippen LogP contribution in [0.15, 0.2) is 65.0 Å². The molecule has 2 aliphatic rings. The zero-order valence-electron chi connectivity index (χ0n) is 21.2. The summed E-state index contributed by atoms with van der Waals surface area (Å²) in [5.74, 6) is 0.0137. The topological polar surface area (TPSA) is 94.1 Å². The van der Waals surface area contributed by atoms with Crippen LogP contribution in [0.4, 0.5) is 0 Å². The third-order valence-corrected chi connectivity index (χ3v) is 6.69. The Balaban J connectivity index is 1.78. The highest BCUT2D eigenvalue weighted by Gasteiger charge is 2.41. The predicted octanol–water partition coefficient (Wildman–Crippen LogP) is 5.11. The number of hydrogen-bond acceptors (Lipinski definition) is 7. The first-order valence-electron chi connectivity index (χ1n) is 12.4. The molecule has 1 aliphatic carbocycles. The van der Waals surface area contributed by atoms with Crippen molar-refractivity contribution >= 4 is 11.8 Å². The van der Waals surface area contributed by atoms with Crippen LogP contribution in [0, 0.1) is 0 Å². The first-order chi connectivity index (χ1) is 17.4. The molecule has 0 amide bonds. The molecule has 2 aromatic rings. The summed E-state index contributed by atoms with van der Waals surface area (Å²) in [6.07, 6.45) is 1.66. The van der Waals surface area contributed by atoms with Gasteiger partial charge in [0.05, 0.1) is 25.9 Å². The highest BCUT2D eigenvalue weighted by atomic mass is 16.5. The number of allylic oxidation sites excluding steroid dienone is 3. The minimum absolute atomic E-state index is 0.00842. The van der Waals surface area contributed by atoms with Crippen molar-refractivity contribution in [3.63, 3.8) is 0 Å². The molecule has 190 valence electrons. The summed E-state index contributed by atoms with van der Waals surface area (Å²) in [4.78, 5) is 26.9. The summed E-state index contributed by atoms with van der Waals surface area (Å²) in [7, 11) is 1.63. The van der Waals surface area contributed by atoms with Crippen LogP contribution in [0.5, 0.6) is 17.2 Å². The van der Waals surface area contributed by atoms with Crippen molar-refractivity contribution in [1.29, 1.82) is 0 Å². The second kappa shape index (κ2) is 10.9. The number of aromatic hydroxyl groups is 1. The molecule has 36 heavy (non-hydrogen) atoms. The number of methoxy groups -OCH3 is 1. The Morgan fingerprint density at radius 2 is 1.81 bits per heavy atom. The largest absolute Gasteiger partial charge is 0.504 e. The van der Waals surface area contributed by atoms with Crippen LogP contribution in [0.3, 0.4) is 0 Å². The molecule has 0 fully saturated rings. The summed E-state index contributed by atoms with van der Waals surface area (Å²) >= 11 is 0. The lowest BCUT2D eigenvalue weighted by Crippen LogP contribution is -2.36. The summed E-state index contributed by atoms with van der Waals surface area (Å²) in [6, 6.07) is 12.8. The highest BCUT2D eigenvalue weighted by Crippen LogP contribution is 2.47. The average Bonchev–Trinajstić information content (AvgIpc) is 2.87. The summed E-state index contributed by atoms with van der Waals surface area (Å²) < 4.78 is 16.4. The lowest BCUT2D eigenvalue weighted by atomic mass is 9.71. The second-order valence-corrected chi connectivity index (χ2v) is 9.09. The van der Waals surface area contributed by atoms with E-state index in [1.54, 1.807) is 25.3 Å². The van der Waals surface area contributed by atoms with Gasteiger partial charge in [-0.05, 0) is 68.0 Å². The first kappa shape index (κ1) is 25.4. The number of rotatable bonds is 8. The molecular weight excluding hydrogens is 458 g/mol. The van der Waals surface area contributed by atoms with Crippen molar-refractivity contribution in [2.24, 2.45) is 0 Å². The molecule has 2 unspecified atom stereocenters. The fourth-order valence-electron chi connectivity index (χ4n) is 5.01. The van der Waals surface area contributed by atoms with Gasteiger partial charge < -0.3 is 24.6 Å². The number of phenolic OH excluding ortho intramolecular Hbond substituents is 1. The van der Waals surface area contributed by atoms with Crippen LogP contribution in [-0.2, 0) is 14.3 Å². The van der Waals surface area contributed by atoms with E-state index in [0.29, 0.717) is 60.6 Å². The van der Waals surface area contributed by atoms with Crippen molar-refractivity contribution in [1.82, 2.24) is 5.32 Å². The fraction of sp³-hybridized carbons (Fsp3) is 0.379. The molecule has 7 heteroatoms. The molecule has 2 aromatic carbocycles. The van der Waals surface area contributed by atoms with E-state index >= 15 is 0 Å². The number of dihydropyridines is 1. The van der Waals surface area contributed by atoms with Gasteiger partial charge in [0.25, 0.3) is 0 Å². The average molecular weight is 492 g/mol. The van der Waals surface area contributed by atoms with Gasteiger partial charge in [0.1, 0.15) is 5.75 Å². The van der Waals surface area contributed by atoms with Crippen LogP contribution >= 0.6 is 0 Å². The van der Waals surface area contributed by atoms with Gasteiger partial charge in [-0.2, -0.15) is 0 Å². The number of ketones is 1. The van der Waals surface area contributed by atoms with Crippen molar-refractivity contribution in [3.05, 3.63) is 76.1 Å². The molecular formula is C29H33NO6. The molecule has 0 bridgehead atoms. The van der Waals surface area contributed by atoms with Crippen molar-refractivity contribution in [2.75, 3.05) is 20.3 Å². The minimum atomic E-state index is -0.616. The van der Waals surface area contributed by atoms with Crippen LogP contribution in [0.2, 0.25) is 0 Å². The van der Waals surface area contributed by atoms with Crippen LogP contribution in [-0.4, -0.2) is 37.2 Å². The van der Waals surface area contributed by atoms with Gasteiger partial charge in [-0.15, -0.1) is 0 Å². The van der Waals surface area contributed by atoms with E-state index < -0.39 is 11.9 Å².